The predicted molar refractivity (Wildman–Crippen MR) is 131 cm³/mol. The lowest BCUT2D eigenvalue weighted by atomic mass is 10.2. The van der Waals surface area contributed by atoms with Gasteiger partial charge < -0.3 is 24.1 Å². The summed E-state index contributed by atoms with van der Waals surface area (Å²) in [5, 5.41) is 8.54. The van der Waals surface area contributed by atoms with Crippen LogP contribution in [0.2, 0.25) is 0 Å². The van der Waals surface area contributed by atoms with Crippen LogP contribution >= 0.6 is 0 Å². The Morgan fingerprint density at radius 1 is 1.08 bits per heavy atom. The molecular weight excluding hydrogens is 466 g/mol. The van der Waals surface area contributed by atoms with E-state index in [0.717, 1.165) is 11.3 Å². The quantitative estimate of drug-likeness (QED) is 0.336. The molecule has 3 rings (SSSR count). The van der Waals surface area contributed by atoms with Crippen LogP contribution < -0.4 is 20.1 Å². The van der Waals surface area contributed by atoms with Gasteiger partial charge in [-0.25, -0.2) is 9.59 Å². The summed E-state index contributed by atoms with van der Waals surface area (Å²) in [5.74, 6) is 0.153. The summed E-state index contributed by atoms with van der Waals surface area (Å²) in [5.41, 5.74) is 2.78. The monoisotopic (exact) mass is 493 g/mol. The van der Waals surface area contributed by atoms with Gasteiger partial charge in [-0.2, -0.15) is 0 Å². The van der Waals surface area contributed by atoms with E-state index in [2.05, 4.69) is 15.8 Å². The normalized spacial score (nSPS) is 11.6. The highest BCUT2D eigenvalue weighted by molar-refractivity contribution is 6.03. The van der Waals surface area contributed by atoms with Crippen molar-refractivity contribution < 1.29 is 33.1 Å². The van der Waals surface area contributed by atoms with Crippen LogP contribution in [0.1, 0.15) is 29.5 Å². The van der Waals surface area contributed by atoms with Crippen molar-refractivity contribution >= 4 is 29.7 Å². The van der Waals surface area contributed by atoms with Crippen LogP contribution in [-0.2, 0) is 20.9 Å². The molecule has 10 heteroatoms. The van der Waals surface area contributed by atoms with Gasteiger partial charge in [-0.05, 0) is 56.7 Å². The second kappa shape index (κ2) is 12.2. The molecule has 36 heavy (non-hydrogen) atoms. The molecule has 0 radical (unpaired) electrons. The number of hydrogen-bond acceptors (Lipinski definition) is 8. The number of esters is 1. The molecule has 2 aromatic carbocycles. The third-order valence-electron chi connectivity index (χ3n) is 5.08. The van der Waals surface area contributed by atoms with E-state index in [-0.39, 0.29) is 6.61 Å². The molecule has 0 aliphatic heterocycles. The van der Waals surface area contributed by atoms with Crippen LogP contribution in [-0.4, -0.2) is 36.3 Å². The van der Waals surface area contributed by atoms with Gasteiger partial charge in [0.2, 0.25) is 0 Å². The van der Waals surface area contributed by atoms with Crippen molar-refractivity contribution in [3.8, 4) is 11.5 Å². The molecule has 1 atom stereocenters. The standard InChI is InChI=1S/C26H27N3O7/c1-16-21(17(2)36-29-16)15-34-22-12-10-19(14-23(22)33-4)11-13-24(30)35-18(3)25(31)28-26(32)27-20-8-6-5-7-9-20/h5-14,18H,15H2,1-4H3,(H2,27,28,31,32). The zero-order valence-corrected chi connectivity index (χ0v) is 20.4. The van der Waals surface area contributed by atoms with E-state index in [1.54, 1.807) is 48.5 Å². The average Bonchev–Trinajstić information content (AvgIpc) is 3.18. The number of nitrogens with one attached hydrogen (secondary N) is 2. The van der Waals surface area contributed by atoms with Crippen LogP contribution in [0.5, 0.6) is 11.5 Å². The first-order chi connectivity index (χ1) is 17.3. The molecule has 2 N–H and O–H groups in total. The highest BCUT2D eigenvalue weighted by Gasteiger charge is 2.19. The second-order valence-corrected chi connectivity index (χ2v) is 7.72. The van der Waals surface area contributed by atoms with Crippen molar-refractivity contribution in [2.75, 3.05) is 12.4 Å². The maximum Gasteiger partial charge on any atom is 0.331 e. The van der Waals surface area contributed by atoms with E-state index in [1.165, 1.54) is 26.2 Å². The minimum atomic E-state index is -1.18. The lowest BCUT2D eigenvalue weighted by molar-refractivity contribution is -0.149. The lowest BCUT2D eigenvalue weighted by Crippen LogP contribution is -2.41. The predicted octanol–water partition coefficient (Wildman–Crippen LogP) is 4.17. The molecule has 0 saturated carbocycles. The molecule has 0 saturated heterocycles. The number of carbonyl (C=O) groups is 3. The van der Waals surface area contributed by atoms with Gasteiger partial charge in [0.15, 0.2) is 17.6 Å². The molecule has 10 nitrogen and oxygen atoms in total. The Balaban J connectivity index is 1.52. The Morgan fingerprint density at radius 3 is 2.50 bits per heavy atom. The fourth-order valence-corrected chi connectivity index (χ4v) is 3.09. The molecule has 0 aliphatic rings. The number of nitrogens with zero attached hydrogens (tertiary/aromatic N) is 1. The molecule has 1 aromatic heterocycles. The molecule has 1 heterocycles. The molecule has 3 amide bonds. The van der Waals surface area contributed by atoms with Gasteiger partial charge >= 0.3 is 12.0 Å². The largest absolute Gasteiger partial charge is 0.493 e. The first-order valence-electron chi connectivity index (χ1n) is 11.0. The summed E-state index contributed by atoms with van der Waals surface area (Å²) < 4.78 is 21.5. The summed E-state index contributed by atoms with van der Waals surface area (Å²) >= 11 is 0. The summed E-state index contributed by atoms with van der Waals surface area (Å²) in [6, 6.07) is 13.0. The second-order valence-electron chi connectivity index (χ2n) is 7.72. The zero-order valence-electron chi connectivity index (χ0n) is 20.4. The molecule has 3 aromatic rings. The first kappa shape index (κ1) is 26.0. The molecule has 0 spiro atoms. The van der Waals surface area contributed by atoms with E-state index in [4.69, 9.17) is 18.7 Å². The summed E-state index contributed by atoms with van der Waals surface area (Å²) in [6.07, 6.45) is 1.50. The number of ether oxygens (including phenoxy) is 3. The van der Waals surface area contributed by atoms with E-state index in [9.17, 15) is 14.4 Å². The van der Waals surface area contributed by atoms with Crippen molar-refractivity contribution in [3.05, 3.63) is 77.2 Å². The maximum absolute atomic E-state index is 12.2. The van der Waals surface area contributed by atoms with Gasteiger partial charge in [0.25, 0.3) is 5.91 Å². The number of amides is 3. The number of aromatic nitrogens is 1. The first-order valence-corrected chi connectivity index (χ1v) is 11.0. The number of aryl methyl sites for hydroxylation is 2. The molecule has 0 fully saturated rings. The maximum atomic E-state index is 12.2. The Hall–Kier alpha value is -4.60. The van der Waals surface area contributed by atoms with Crippen molar-refractivity contribution in [2.24, 2.45) is 0 Å². The zero-order chi connectivity index (χ0) is 26.1. The highest BCUT2D eigenvalue weighted by atomic mass is 16.5. The van der Waals surface area contributed by atoms with Crippen LogP contribution in [0, 0.1) is 13.8 Å². The van der Waals surface area contributed by atoms with Crippen molar-refractivity contribution in [2.45, 2.75) is 33.5 Å². The third-order valence-corrected chi connectivity index (χ3v) is 5.08. The third kappa shape index (κ3) is 7.20. The van der Waals surface area contributed by atoms with Crippen molar-refractivity contribution in [1.29, 1.82) is 0 Å². The smallest absolute Gasteiger partial charge is 0.331 e. The number of carbonyl (C=O) groups excluding carboxylic acids is 3. The number of benzene rings is 2. The van der Waals surface area contributed by atoms with Crippen LogP contribution in [0.4, 0.5) is 10.5 Å². The van der Waals surface area contributed by atoms with Gasteiger partial charge in [0.05, 0.1) is 18.4 Å². The van der Waals surface area contributed by atoms with Gasteiger partial charge in [0, 0.05) is 11.8 Å². The topological polar surface area (TPSA) is 129 Å². The fraction of sp³-hybridized carbons (Fsp3) is 0.231. The number of para-hydroxylation sites is 1. The number of hydrogen-bond donors (Lipinski definition) is 2. The molecule has 1 unspecified atom stereocenters. The van der Waals surface area contributed by atoms with E-state index >= 15 is 0 Å². The minimum absolute atomic E-state index is 0.266. The Morgan fingerprint density at radius 2 is 1.83 bits per heavy atom. The minimum Gasteiger partial charge on any atom is -0.493 e. The average molecular weight is 494 g/mol. The Kier molecular flexibility index (Phi) is 8.82. The summed E-state index contributed by atoms with van der Waals surface area (Å²) in [4.78, 5) is 36.2. The van der Waals surface area contributed by atoms with E-state index < -0.39 is 24.0 Å². The number of imide groups is 1. The van der Waals surface area contributed by atoms with Gasteiger partial charge in [0.1, 0.15) is 12.4 Å². The van der Waals surface area contributed by atoms with Crippen LogP contribution in [0.25, 0.3) is 6.08 Å². The number of urea groups is 1. The van der Waals surface area contributed by atoms with Gasteiger partial charge in [-0.15, -0.1) is 0 Å². The Labute approximate surface area is 208 Å². The van der Waals surface area contributed by atoms with Crippen LogP contribution in [0.15, 0.2) is 59.1 Å². The van der Waals surface area contributed by atoms with E-state index in [0.29, 0.717) is 28.5 Å². The summed E-state index contributed by atoms with van der Waals surface area (Å²) in [6.45, 7) is 5.28. The molecule has 0 aliphatic carbocycles. The van der Waals surface area contributed by atoms with Gasteiger partial charge in [-0.1, -0.05) is 29.4 Å². The number of anilines is 1. The molecular formula is C26H27N3O7. The van der Waals surface area contributed by atoms with Gasteiger partial charge in [-0.3, -0.25) is 10.1 Å². The fourth-order valence-electron chi connectivity index (χ4n) is 3.09. The summed E-state index contributed by atoms with van der Waals surface area (Å²) in [7, 11) is 1.51. The highest BCUT2D eigenvalue weighted by Crippen LogP contribution is 2.30. The molecule has 188 valence electrons. The molecule has 0 bridgehead atoms. The van der Waals surface area contributed by atoms with Crippen molar-refractivity contribution in [3.63, 3.8) is 0 Å². The Bertz CT molecular complexity index is 1230. The lowest BCUT2D eigenvalue weighted by Gasteiger charge is -2.12. The number of methoxy groups -OCH3 is 1. The SMILES string of the molecule is COc1cc(C=CC(=O)OC(C)C(=O)NC(=O)Nc2ccccc2)ccc1OCc1c(C)noc1C. The van der Waals surface area contributed by atoms with Crippen molar-refractivity contribution in [1.82, 2.24) is 10.5 Å². The van der Waals surface area contributed by atoms with Crippen LogP contribution in [0.3, 0.4) is 0 Å². The number of rotatable bonds is 9. The van der Waals surface area contributed by atoms with E-state index in [1.807, 2.05) is 13.8 Å².